The molecule has 15 heavy (non-hydrogen) atoms. The zero-order valence-electron chi connectivity index (χ0n) is 9.71. The molecule has 0 aromatic carbocycles. The SMILES string of the molecule is CCCCOC(=O)CCC(C)(C#N)O[SiH3]. The van der Waals surface area contributed by atoms with Crippen LogP contribution in [0.2, 0.25) is 0 Å². The van der Waals surface area contributed by atoms with Crippen LogP contribution < -0.4 is 0 Å². The molecule has 1 unspecified atom stereocenters. The normalized spacial score (nSPS) is 14.2. The molecule has 0 aliphatic heterocycles. The third kappa shape index (κ3) is 6.26. The number of ether oxygens (including phenoxy) is 1. The largest absolute Gasteiger partial charge is 0.466 e. The molecule has 0 bridgehead atoms. The molecule has 0 aliphatic rings. The van der Waals surface area contributed by atoms with Gasteiger partial charge < -0.3 is 9.16 Å². The van der Waals surface area contributed by atoms with E-state index in [0.717, 1.165) is 12.8 Å². The van der Waals surface area contributed by atoms with Crippen LogP contribution in [0.3, 0.4) is 0 Å². The summed E-state index contributed by atoms with van der Waals surface area (Å²) >= 11 is 0. The lowest BCUT2D eigenvalue weighted by atomic mass is 10.0. The fraction of sp³-hybridized carbons (Fsp3) is 0.800. The van der Waals surface area contributed by atoms with Crippen molar-refractivity contribution in [3.8, 4) is 6.07 Å². The van der Waals surface area contributed by atoms with E-state index in [4.69, 9.17) is 14.4 Å². The first-order chi connectivity index (χ1) is 7.08. The maximum absolute atomic E-state index is 11.2. The maximum Gasteiger partial charge on any atom is 0.305 e. The Hall–Kier alpha value is -0.863. The van der Waals surface area contributed by atoms with Crippen molar-refractivity contribution in [1.82, 2.24) is 0 Å². The zero-order chi connectivity index (χ0) is 11.7. The van der Waals surface area contributed by atoms with Crippen LogP contribution in [-0.4, -0.2) is 28.7 Å². The minimum absolute atomic E-state index is 0.246. The van der Waals surface area contributed by atoms with Crippen molar-refractivity contribution in [2.75, 3.05) is 6.61 Å². The Kier molecular flexibility index (Phi) is 7.00. The second kappa shape index (κ2) is 7.43. The number of unbranched alkanes of at least 4 members (excludes halogenated alkanes) is 1. The number of rotatable bonds is 7. The second-order valence-electron chi connectivity index (χ2n) is 3.62. The third-order valence-corrected chi connectivity index (χ3v) is 3.16. The topological polar surface area (TPSA) is 59.3 Å². The highest BCUT2D eigenvalue weighted by molar-refractivity contribution is 5.98. The Morgan fingerprint density at radius 3 is 2.73 bits per heavy atom. The second-order valence-corrected chi connectivity index (χ2v) is 4.03. The molecular formula is C10H19NO3Si. The van der Waals surface area contributed by atoms with Gasteiger partial charge in [-0.3, -0.25) is 4.79 Å². The van der Waals surface area contributed by atoms with Crippen LogP contribution >= 0.6 is 0 Å². The average molecular weight is 229 g/mol. The van der Waals surface area contributed by atoms with Crippen LogP contribution in [0, 0.1) is 11.3 Å². The fourth-order valence-electron chi connectivity index (χ4n) is 0.947. The molecule has 0 saturated heterocycles. The van der Waals surface area contributed by atoms with Crippen molar-refractivity contribution >= 4 is 16.5 Å². The van der Waals surface area contributed by atoms with E-state index in [1.165, 1.54) is 0 Å². The minimum atomic E-state index is -0.823. The molecule has 0 rings (SSSR count). The van der Waals surface area contributed by atoms with Crippen molar-refractivity contribution in [3.05, 3.63) is 0 Å². The summed E-state index contributed by atoms with van der Waals surface area (Å²) in [5.74, 6) is -0.247. The van der Waals surface area contributed by atoms with Gasteiger partial charge in [0.15, 0.2) is 0 Å². The lowest BCUT2D eigenvalue weighted by Gasteiger charge is -2.19. The van der Waals surface area contributed by atoms with Gasteiger partial charge in [-0.1, -0.05) is 13.3 Å². The molecule has 5 heteroatoms. The van der Waals surface area contributed by atoms with Gasteiger partial charge in [0.2, 0.25) is 0 Å². The van der Waals surface area contributed by atoms with Crippen molar-refractivity contribution in [3.63, 3.8) is 0 Å². The van der Waals surface area contributed by atoms with Crippen LogP contribution in [0.1, 0.15) is 39.5 Å². The molecule has 0 N–H and O–H groups in total. The van der Waals surface area contributed by atoms with Crippen LogP contribution in [0.25, 0.3) is 0 Å². The number of carbonyl (C=O) groups excluding carboxylic acids is 1. The molecule has 0 aromatic heterocycles. The molecule has 0 aliphatic carbocycles. The van der Waals surface area contributed by atoms with E-state index >= 15 is 0 Å². The molecule has 0 spiro atoms. The first-order valence-electron chi connectivity index (χ1n) is 5.20. The summed E-state index contributed by atoms with van der Waals surface area (Å²) < 4.78 is 10.1. The maximum atomic E-state index is 11.2. The summed E-state index contributed by atoms with van der Waals surface area (Å²) in [6, 6.07) is 2.06. The number of esters is 1. The summed E-state index contributed by atoms with van der Waals surface area (Å²) in [5, 5.41) is 8.81. The van der Waals surface area contributed by atoms with Crippen molar-refractivity contribution in [2.24, 2.45) is 0 Å². The Balaban J connectivity index is 3.75. The van der Waals surface area contributed by atoms with Crippen molar-refractivity contribution < 1.29 is 14.0 Å². The number of hydrogen-bond acceptors (Lipinski definition) is 4. The van der Waals surface area contributed by atoms with Crippen molar-refractivity contribution in [2.45, 2.75) is 45.1 Å². The molecule has 0 aromatic rings. The van der Waals surface area contributed by atoms with Gasteiger partial charge >= 0.3 is 5.97 Å². The van der Waals surface area contributed by atoms with Gasteiger partial charge in [-0.05, 0) is 19.8 Å². The Morgan fingerprint density at radius 1 is 1.60 bits per heavy atom. The fourth-order valence-corrected chi connectivity index (χ4v) is 1.24. The van der Waals surface area contributed by atoms with Crippen LogP contribution in [0.4, 0.5) is 0 Å². The predicted octanol–water partition coefficient (Wildman–Crippen LogP) is 0.689. The molecule has 86 valence electrons. The van der Waals surface area contributed by atoms with Gasteiger partial charge in [-0.2, -0.15) is 5.26 Å². The first-order valence-corrected chi connectivity index (χ1v) is 6.01. The highest BCUT2D eigenvalue weighted by Crippen LogP contribution is 2.15. The summed E-state index contributed by atoms with van der Waals surface area (Å²) in [4.78, 5) is 11.2. The molecule has 0 radical (unpaired) electrons. The molecule has 1 atom stereocenters. The monoisotopic (exact) mass is 229 g/mol. The van der Waals surface area contributed by atoms with Crippen molar-refractivity contribution in [1.29, 1.82) is 5.26 Å². The van der Waals surface area contributed by atoms with Crippen LogP contribution in [-0.2, 0) is 14.0 Å². The highest BCUT2D eigenvalue weighted by atomic mass is 28.2. The van der Waals surface area contributed by atoms with E-state index in [1.807, 2.05) is 6.92 Å². The predicted molar refractivity (Wildman–Crippen MR) is 60.1 cm³/mol. The number of nitrogens with zero attached hydrogens (tertiary/aromatic N) is 1. The quantitative estimate of drug-likeness (QED) is 0.366. The minimum Gasteiger partial charge on any atom is -0.466 e. The van der Waals surface area contributed by atoms with Crippen LogP contribution in [0.15, 0.2) is 0 Å². The average Bonchev–Trinajstić information content (AvgIpc) is 2.26. The van der Waals surface area contributed by atoms with Crippen LogP contribution in [0.5, 0.6) is 0 Å². The number of nitriles is 1. The molecule has 0 fully saturated rings. The molecular weight excluding hydrogens is 210 g/mol. The summed E-state index contributed by atoms with van der Waals surface area (Å²) in [6.45, 7) is 4.20. The Morgan fingerprint density at radius 2 is 2.27 bits per heavy atom. The third-order valence-electron chi connectivity index (χ3n) is 2.25. The van der Waals surface area contributed by atoms with E-state index in [1.54, 1.807) is 6.92 Å². The Labute approximate surface area is 94.1 Å². The molecule has 0 heterocycles. The lowest BCUT2D eigenvalue weighted by molar-refractivity contribution is -0.144. The van der Waals surface area contributed by atoms with Gasteiger partial charge in [0.05, 0.1) is 12.7 Å². The van der Waals surface area contributed by atoms with E-state index in [2.05, 4.69) is 6.07 Å². The highest BCUT2D eigenvalue weighted by Gasteiger charge is 2.23. The van der Waals surface area contributed by atoms with E-state index in [-0.39, 0.29) is 12.4 Å². The smallest absolute Gasteiger partial charge is 0.305 e. The van der Waals surface area contributed by atoms with E-state index < -0.39 is 5.60 Å². The van der Waals surface area contributed by atoms with E-state index in [0.29, 0.717) is 23.5 Å². The number of hydrogen-bond donors (Lipinski definition) is 0. The summed E-state index contributed by atoms with van der Waals surface area (Å²) in [6.07, 6.45) is 2.54. The molecule has 0 amide bonds. The summed E-state index contributed by atoms with van der Waals surface area (Å²) in [7, 11) is 0.495. The van der Waals surface area contributed by atoms with Gasteiger partial charge in [-0.25, -0.2) is 0 Å². The molecule has 4 nitrogen and oxygen atoms in total. The lowest BCUT2D eigenvalue weighted by Crippen LogP contribution is -2.26. The van der Waals surface area contributed by atoms with E-state index in [9.17, 15) is 4.79 Å². The van der Waals surface area contributed by atoms with Gasteiger partial charge in [0.25, 0.3) is 0 Å². The van der Waals surface area contributed by atoms with Gasteiger partial charge in [-0.15, -0.1) is 0 Å². The first kappa shape index (κ1) is 14.1. The zero-order valence-corrected chi connectivity index (χ0v) is 11.7. The Bertz CT molecular complexity index is 239. The van der Waals surface area contributed by atoms with Gasteiger partial charge in [0, 0.05) is 6.42 Å². The number of carbonyl (C=O) groups is 1. The summed E-state index contributed by atoms with van der Waals surface area (Å²) in [5.41, 5.74) is -0.823. The molecule has 0 saturated carbocycles. The van der Waals surface area contributed by atoms with Gasteiger partial charge in [0.1, 0.15) is 16.1 Å². The standard InChI is InChI=1S/C10H19NO3Si/c1-3-4-7-13-9(12)5-6-10(2,8-11)14-15/h3-7H2,1-2,15H3.